The number of aliphatic hydroxyl groups excluding tert-OH is 2. The van der Waals surface area contributed by atoms with Crippen LogP contribution in [0.15, 0.2) is 12.2 Å². The van der Waals surface area contributed by atoms with Gasteiger partial charge in [-0.1, -0.05) is 64.0 Å². The standard InChI is InChI=1S/C28H50O6/c1-2-3-4-11-14-18-28(33-20-21-34-28)19-17-24-23(25(29)22-26(24)30)15-12-9-7-5-6-8-10-13-16-27(31)32/h9,12,23-26,29-30H,2-8,10-11,13-22H2,1H3,(H,31,32)/b12-9-/t23-,24-,25+,26-/m1/s1. The summed E-state index contributed by atoms with van der Waals surface area (Å²) in [5, 5.41) is 29.9. The van der Waals surface area contributed by atoms with Crippen LogP contribution in [-0.4, -0.2) is 52.5 Å². The van der Waals surface area contributed by atoms with Crippen LogP contribution in [-0.2, 0) is 14.3 Å². The van der Waals surface area contributed by atoms with E-state index in [9.17, 15) is 15.0 Å². The molecule has 1 saturated heterocycles. The van der Waals surface area contributed by atoms with Crippen LogP contribution in [0.25, 0.3) is 0 Å². The van der Waals surface area contributed by atoms with Crippen molar-refractivity contribution in [2.75, 3.05) is 13.2 Å². The summed E-state index contributed by atoms with van der Waals surface area (Å²) < 4.78 is 12.1. The zero-order chi connectivity index (χ0) is 24.7. The van der Waals surface area contributed by atoms with Gasteiger partial charge in [0.25, 0.3) is 0 Å². The summed E-state index contributed by atoms with van der Waals surface area (Å²) in [6, 6.07) is 0. The van der Waals surface area contributed by atoms with Crippen LogP contribution >= 0.6 is 0 Å². The number of ether oxygens (including phenoxy) is 2. The van der Waals surface area contributed by atoms with Crippen LogP contribution in [0, 0.1) is 11.8 Å². The minimum atomic E-state index is -0.707. The number of unbranched alkanes of at least 4 members (excludes halogenated alkanes) is 9. The number of allylic oxidation sites excluding steroid dienone is 2. The Bertz CT molecular complexity index is 571. The molecule has 1 aliphatic heterocycles. The molecule has 2 aliphatic rings. The first-order valence-electron chi connectivity index (χ1n) is 14.0. The van der Waals surface area contributed by atoms with Crippen molar-refractivity contribution in [2.24, 2.45) is 11.8 Å². The molecular weight excluding hydrogens is 432 g/mol. The van der Waals surface area contributed by atoms with Gasteiger partial charge >= 0.3 is 5.97 Å². The second-order valence-electron chi connectivity index (χ2n) is 10.4. The highest BCUT2D eigenvalue weighted by molar-refractivity contribution is 5.66. The van der Waals surface area contributed by atoms with E-state index in [-0.39, 0.29) is 18.3 Å². The van der Waals surface area contributed by atoms with E-state index in [1.54, 1.807) is 0 Å². The third kappa shape index (κ3) is 10.8. The molecule has 0 spiro atoms. The number of aliphatic carboxylic acids is 1. The van der Waals surface area contributed by atoms with E-state index in [2.05, 4.69) is 19.1 Å². The summed E-state index contributed by atoms with van der Waals surface area (Å²) >= 11 is 0. The van der Waals surface area contributed by atoms with Crippen molar-refractivity contribution >= 4 is 5.97 Å². The Kier molecular flexibility index (Phi) is 14.4. The van der Waals surface area contributed by atoms with Gasteiger partial charge < -0.3 is 24.8 Å². The average molecular weight is 483 g/mol. The SMILES string of the molecule is CCCCCCCC1(CC[C@@H]2[C@@H](C/C=C\CCCCCCCC(=O)O)[C@@H](O)C[C@H]2O)OCCO1. The molecule has 0 aromatic rings. The lowest BCUT2D eigenvalue weighted by Crippen LogP contribution is -2.33. The maximum atomic E-state index is 10.6. The fourth-order valence-corrected chi connectivity index (χ4v) is 5.64. The number of carboxylic acid groups (broad SMARTS) is 1. The van der Waals surface area contributed by atoms with Crippen LogP contribution in [0.1, 0.15) is 116 Å². The van der Waals surface area contributed by atoms with Crippen LogP contribution < -0.4 is 0 Å². The van der Waals surface area contributed by atoms with Gasteiger partial charge in [0.1, 0.15) is 0 Å². The highest BCUT2D eigenvalue weighted by atomic mass is 16.7. The van der Waals surface area contributed by atoms with Crippen LogP contribution in [0.3, 0.4) is 0 Å². The van der Waals surface area contributed by atoms with E-state index in [0.29, 0.717) is 19.6 Å². The molecule has 3 N–H and O–H groups in total. The molecule has 2 rings (SSSR count). The number of aliphatic hydroxyl groups is 2. The van der Waals surface area contributed by atoms with E-state index >= 15 is 0 Å². The van der Waals surface area contributed by atoms with Gasteiger partial charge in [0.15, 0.2) is 5.79 Å². The van der Waals surface area contributed by atoms with Crippen LogP contribution in [0.4, 0.5) is 0 Å². The fourth-order valence-electron chi connectivity index (χ4n) is 5.64. The van der Waals surface area contributed by atoms with Crippen LogP contribution in [0.2, 0.25) is 0 Å². The summed E-state index contributed by atoms with van der Waals surface area (Å²) in [7, 11) is 0. The number of hydrogen-bond acceptors (Lipinski definition) is 5. The largest absolute Gasteiger partial charge is 0.481 e. The molecule has 0 aromatic heterocycles. The quantitative estimate of drug-likeness (QED) is 0.155. The second kappa shape index (κ2) is 16.7. The third-order valence-electron chi connectivity index (χ3n) is 7.69. The number of hydrogen-bond donors (Lipinski definition) is 3. The molecule has 0 amide bonds. The van der Waals surface area contributed by atoms with Crippen molar-refractivity contribution in [2.45, 2.75) is 134 Å². The van der Waals surface area contributed by atoms with E-state index in [1.807, 2.05) is 0 Å². The van der Waals surface area contributed by atoms with Gasteiger partial charge in [-0.3, -0.25) is 4.79 Å². The second-order valence-corrected chi connectivity index (χ2v) is 10.4. The Morgan fingerprint density at radius 2 is 1.50 bits per heavy atom. The minimum Gasteiger partial charge on any atom is -0.481 e. The molecule has 2 fully saturated rings. The lowest BCUT2D eigenvalue weighted by atomic mass is 9.85. The zero-order valence-corrected chi connectivity index (χ0v) is 21.5. The third-order valence-corrected chi connectivity index (χ3v) is 7.69. The molecule has 198 valence electrons. The molecule has 0 radical (unpaired) electrons. The highest BCUT2D eigenvalue weighted by Gasteiger charge is 2.43. The molecule has 6 heteroatoms. The molecule has 6 nitrogen and oxygen atoms in total. The molecule has 1 saturated carbocycles. The molecule has 0 aromatic carbocycles. The van der Waals surface area contributed by atoms with Crippen molar-refractivity contribution < 1.29 is 29.6 Å². The lowest BCUT2D eigenvalue weighted by molar-refractivity contribution is -0.171. The topological polar surface area (TPSA) is 96.2 Å². The summed E-state index contributed by atoms with van der Waals surface area (Å²) in [5.41, 5.74) is 0. The summed E-state index contributed by atoms with van der Waals surface area (Å²) in [4.78, 5) is 10.5. The summed E-state index contributed by atoms with van der Waals surface area (Å²) in [6.07, 6.45) is 19.7. The molecule has 4 atom stereocenters. The van der Waals surface area contributed by atoms with Crippen LogP contribution in [0.5, 0.6) is 0 Å². The molecular formula is C28H50O6. The maximum absolute atomic E-state index is 10.6. The van der Waals surface area contributed by atoms with Gasteiger partial charge in [0, 0.05) is 19.3 Å². The number of rotatable bonds is 19. The first-order chi connectivity index (χ1) is 16.5. The van der Waals surface area contributed by atoms with E-state index in [1.165, 1.54) is 25.7 Å². The average Bonchev–Trinajstić information content (AvgIpc) is 3.37. The van der Waals surface area contributed by atoms with Gasteiger partial charge in [0.2, 0.25) is 0 Å². The Morgan fingerprint density at radius 3 is 2.24 bits per heavy atom. The predicted molar refractivity (Wildman–Crippen MR) is 135 cm³/mol. The van der Waals surface area contributed by atoms with Gasteiger partial charge in [0.05, 0.1) is 25.4 Å². The first-order valence-corrected chi connectivity index (χ1v) is 14.0. The van der Waals surface area contributed by atoms with Crippen molar-refractivity contribution in [3.63, 3.8) is 0 Å². The van der Waals surface area contributed by atoms with Crippen molar-refractivity contribution in [1.29, 1.82) is 0 Å². The van der Waals surface area contributed by atoms with Gasteiger partial charge in [-0.2, -0.15) is 0 Å². The molecule has 0 unspecified atom stereocenters. The monoisotopic (exact) mass is 482 g/mol. The highest BCUT2D eigenvalue weighted by Crippen LogP contribution is 2.41. The number of carboxylic acids is 1. The normalized spacial score (nSPS) is 26.6. The zero-order valence-electron chi connectivity index (χ0n) is 21.5. The summed E-state index contributed by atoms with van der Waals surface area (Å²) in [6.45, 7) is 3.53. The minimum absolute atomic E-state index is 0.0821. The predicted octanol–water partition coefficient (Wildman–Crippen LogP) is 5.99. The van der Waals surface area contributed by atoms with Gasteiger partial charge in [-0.05, 0) is 56.8 Å². The van der Waals surface area contributed by atoms with Gasteiger partial charge in [-0.25, -0.2) is 0 Å². The summed E-state index contributed by atoms with van der Waals surface area (Å²) in [5.74, 6) is -1.03. The van der Waals surface area contributed by atoms with E-state index < -0.39 is 24.0 Å². The molecule has 34 heavy (non-hydrogen) atoms. The van der Waals surface area contributed by atoms with Crippen molar-refractivity contribution in [1.82, 2.24) is 0 Å². The van der Waals surface area contributed by atoms with E-state index in [0.717, 1.165) is 70.6 Å². The van der Waals surface area contributed by atoms with E-state index in [4.69, 9.17) is 14.6 Å². The Labute approximate surface area is 207 Å². The maximum Gasteiger partial charge on any atom is 0.303 e. The fraction of sp³-hybridized carbons (Fsp3) is 0.893. The smallest absolute Gasteiger partial charge is 0.303 e. The van der Waals surface area contributed by atoms with Gasteiger partial charge in [-0.15, -0.1) is 0 Å². The first kappa shape index (κ1) is 29.3. The molecule has 1 heterocycles. The Morgan fingerprint density at radius 1 is 0.853 bits per heavy atom. The lowest BCUT2D eigenvalue weighted by Gasteiger charge is -2.31. The molecule has 1 aliphatic carbocycles. The number of carbonyl (C=O) groups is 1. The van der Waals surface area contributed by atoms with Crippen molar-refractivity contribution in [3.05, 3.63) is 12.2 Å². The Hall–Kier alpha value is -0.950. The van der Waals surface area contributed by atoms with Crippen molar-refractivity contribution in [3.8, 4) is 0 Å². The molecule has 0 bridgehead atoms. The Balaban J connectivity index is 1.70.